The van der Waals surface area contributed by atoms with Crippen LogP contribution >= 0.6 is 0 Å². The van der Waals surface area contributed by atoms with Gasteiger partial charge in [-0.15, -0.1) is 15.0 Å². The zero-order valence-electron chi connectivity index (χ0n) is 24.9. The fourth-order valence-corrected chi connectivity index (χ4v) is 6.22. The summed E-state index contributed by atoms with van der Waals surface area (Å²) < 4.78 is 32.2. The highest BCUT2D eigenvalue weighted by atomic mass is 32.2. The lowest BCUT2D eigenvalue weighted by Crippen LogP contribution is -2.20. The van der Waals surface area contributed by atoms with Crippen molar-refractivity contribution in [1.29, 1.82) is 0 Å². The van der Waals surface area contributed by atoms with Crippen molar-refractivity contribution in [3.63, 3.8) is 0 Å². The summed E-state index contributed by atoms with van der Waals surface area (Å²) in [7, 11) is -3.73. The van der Waals surface area contributed by atoms with E-state index in [1.807, 2.05) is 26.8 Å². The molecule has 0 saturated carbocycles. The number of fused-ring (bicyclic) bond motifs is 1. The largest absolute Gasteiger partial charge is 0.505 e. The second kappa shape index (κ2) is 13.6. The minimum Gasteiger partial charge on any atom is -0.505 e. The van der Waals surface area contributed by atoms with Crippen molar-refractivity contribution in [3.05, 3.63) is 71.8 Å². The zero-order chi connectivity index (χ0) is 30.3. The summed E-state index contributed by atoms with van der Waals surface area (Å²) in [6.45, 7) is 8.70. The van der Waals surface area contributed by atoms with Crippen LogP contribution in [0.3, 0.4) is 0 Å². The van der Waals surface area contributed by atoms with Crippen molar-refractivity contribution < 1.29 is 23.1 Å². The first kappa shape index (κ1) is 31.4. The Balaban J connectivity index is 1.62. The van der Waals surface area contributed by atoms with Gasteiger partial charge in [0.05, 0.1) is 9.79 Å². The summed E-state index contributed by atoms with van der Waals surface area (Å²) in [5.41, 5.74) is 2.29. The molecular weight excluding hydrogens is 550 g/mol. The number of unbranched alkanes of at least 4 members (excludes halogenated alkanes) is 5. The molecule has 1 heterocycles. The number of sulfone groups is 1. The van der Waals surface area contributed by atoms with Crippen LogP contribution in [0.2, 0.25) is 0 Å². The smallest absolute Gasteiger partial charge is 0.206 e. The van der Waals surface area contributed by atoms with E-state index in [1.165, 1.54) is 42.6 Å². The molecule has 0 fully saturated rings. The minimum atomic E-state index is -3.73. The molecule has 1 unspecified atom stereocenters. The molecule has 4 aromatic rings. The van der Waals surface area contributed by atoms with Crippen LogP contribution in [0.15, 0.2) is 70.5 Å². The predicted molar refractivity (Wildman–Crippen MR) is 164 cm³/mol. The number of ether oxygens (including phenoxy) is 1. The molecule has 8 nitrogen and oxygen atoms in total. The van der Waals surface area contributed by atoms with Gasteiger partial charge in [0.25, 0.3) is 0 Å². The molecule has 3 aromatic carbocycles. The number of aromatic nitrogens is 3. The fourth-order valence-electron chi connectivity index (χ4n) is 4.92. The van der Waals surface area contributed by atoms with Gasteiger partial charge in [-0.1, -0.05) is 84.1 Å². The number of nitrogens with zero attached hydrogens (tertiary/aromatic N) is 3. The van der Waals surface area contributed by atoms with Gasteiger partial charge in [0.1, 0.15) is 34.9 Å². The fraction of sp³-hybridized carbons (Fsp3) is 0.424. The van der Waals surface area contributed by atoms with Gasteiger partial charge >= 0.3 is 0 Å². The molecule has 42 heavy (non-hydrogen) atoms. The Morgan fingerprint density at radius 3 is 2.29 bits per heavy atom. The van der Waals surface area contributed by atoms with Crippen LogP contribution < -0.4 is 0 Å². The van der Waals surface area contributed by atoms with E-state index in [0.29, 0.717) is 35.3 Å². The lowest BCUT2D eigenvalue weighted by molar-refractivity contribution is -0.118. The molecular formula is C33H41N3O5S. The summed E-state index contributed by atoms with van der Waals surface area (Å²) in [6, 6.07) is 16.5. The third-order valence-electron chi connectivity index (χ3n) is 7.31. The Hall–Kier alpha value is -3.56. The number of phenols is 1. The Morgan fingerprint density at radius 1 is 0.905 bits per heavy atom. The SMILES string of the molecule is CCCCCCCCOC(C=O)Cc1cc(-n2nc3ccc(S(=O)(=O)c4ccccc4)cc3n2)c(O)c(C(C)(C)C)c1. The van der Waals surface area contributed by atoms with Gasteiger partial charge in [-0.2, -0.15) is 0 Å². The van der Waals surface area contributed by atoms with Crippen LogP contribution in [0.1, 0.15) is 77.3 Å². The third-order valence-corrected chi connectivity index (χ3v) is 9.07. The maximum atomic E-state index is 13.2. The number of aldehydes is 1. The number of phenolic OH excluding ortho intramolecular Hbond substituents is 1. The van der Waals surface area contributed by atoms with Crippen molar-refractivity contribution in [2.45, 2.75) is 94.0 Å². The van der Waals surface area contributed by atoms with Crippen molar-refractivity contribution in [3.8, 4) is 11.4 Å². The summed E-state index contributed by atoms with van der Waals surface area (Å²) in [5.74, 6) is 0.0272. The lowest BCUT2D eigenvalue weighted by atomic mass is 9.84. The molecule has 0 spiro atoms. The highest BCUT2D eigenvalue weighted by Crippen LogP contribution is 2.37. The molecule has 1 atom stereocenters. The Morgan fingerprint density at radius 2 is 1.60 bits per heavy atom. The van der Waals surface area contributed by atoms with E-state index < -0.39 is 21.4 Å². The van der Waals surface area contributed by atoms with E-state index in [-0.39, 0.29) is 15.5 Å². The topological polar surface area (TPSA) is 111 Å². The first-order chi connectivity index (χ1) is 20.0. The molecule has 0 aliphatic rings. The summed E-state index contributed by atoms with van der Waals surface area (Å²) in [5, 5.41) is 20.4. The molecule has 0 radical (unpaired) electrons. The molecule has 0 aliphatic heterocycles. The van der Waals surface area contributed by atoms with E-state index >= 15 is 0 Å². The third kappa shape index (κ3) is 7.44. The van der Waals surface area contributed by atoms with Gasteiger partial charge in [0.15, 0.2) is 0 Å². The highest BCUT2D eigenvalue weighted by Gasteiger charge is 2.25. The summed E-state index contributed by atoms with van der Waals surface area (Å²) in [6.07, 6.45) is 7.39. The first-order valence-corrected chi connectivity index (χ1v) is 16.1. The number of hydrogen-bond donors (Lipinski definition) is 1. The molecule has 0 saturated heterocycles. The van der Waals surface area contributed by atoms with E-state index in [0.717, 1.165) is 24.7 Å². The average molecular weight is 592 g/mol. The number of benzene rings is 3. The van der Waals surface area contributed by atoms with E-state index in [1.54, 1.807) is 42.5 Å². The quantitative estimate of drug-likeness (QED) is 0.128. The average Bonchev–Trinajstić information content (AvgIpc) is 3.40. The van der Waals surface area contributed by atoms with Gasteiger partial charge in [0, 0.05) is 18.6 Å². The first-order valence-electron chi connectivity index (χ1n) is 14.7. The van der Waals surface area contributed by atoms with E-state index in [4.69, 9.17) is 4.74 Å². The number of carbonyl (C=O) groups excluding carboxylic acids is 1. The second-order valence-electron chi connectivity index (χ2n) is 11.7. The molecule has 0 aliphatic carbocycles. The standard InChI is InChI=1S/C33H41N3O5S/c1-5-6-7-8-9-13-18-41-25(23-37)19-24-20-28(33(2,3)4)32(38)31(21-24)36-34-29-17-16-27(22-30(29)35-36)42(39,40)26-14-11-10-12-15-26/h10-12,14-17,20-23,25,38H,5-9,13,18-19H2,1-4H3. The summed E-state index contributed by atoms with van der Waals surface area (Å²) in [4.78, 5) is 13.5. The van der Waals surface area contributed by atoms with Crippen molar-refractivity contribution in [2.75, 3.05) is 6.61 Å². The van der Waals surface area contributed by atoms with Crippen molar-refractivity contribution >= 4 is 27.2 Å². The second-order valence-corrected chi connectivity index (χ2v) is 13.7. The minimum absolute atomic E-state index is 0.0272. The van der Waals surface area contributed by atoms with Crippen molar-refractivity contribution in [2.24, 2.45) is 0 Å². The number of aromatic hydroxyl groups is 1. The molecule has 9 heteroatoms. The normalized spacial score (nSPS) is 13.0. The van der Waals surface area contributed by atoms with Crippen LogP contribution in [-0.4, -0.2) is 47.5 Å². The molecule has 224 valence electrons. The summed E-state index contributed by atoms with van der Waals surface area (Å²) >= 11 is 0. The Kier molecular flexibility index (Phi) is 10.2. The van der Waals surface area contributed by atoms with Gasteiger partial charge in [-0.3, -0.25) is 0 Å². The van der Waals surface area contributed by atoms with Crippen LogP contribution in [-0.2, 0) is 31.2 Å². The van der Waals surface area contributed by atoms with Gasteiger partial charge in [0.2, 0.25) is 9.84 Å². The van der Waals surface area contributed by atoms with Crippen LogP contribution in [0.5, 0.6) is 5.75 Å². The Labute approximate surface area is 248 Å². The van der Waals surface area contributed by atoms with Crippen LogP contribution in [0.4, 0.5) is 0 Å². The predicted octanol–water partition coefficient (Wildman–Crippen LogP) is 6.74. The Bertz CT molecular complexity index is 1610. The van der Waals surface area contributed by atoms with E-state index in [9.17, 15) is 18.3 Å². The maximum absolute atomic E-state index is 13.2. The monoisotopic (exact) mass is 591 g/mol. The number of rotatable bonds is 14. The zero-order valence-corrected chi connectivity index (χ0v) is 25.7. The van der Waals surface area contributed by atoms with Crippen LogP contribution in [0.25, 0.3) is 16.7 Å². The molecule has 1 N–H and O–H groups in total. The van der Waals surface area contributed by atoms with Gasteiger partial charge < -0.3 is 14.6 Å². The molecule has 0 amide bonds. The molecule has 1 aromatic heterocycles. The lowest BCUT2D eigenvalue weighted by Gasteiger charge is -2.23. The molecule has 0 bridgehead atoms. The number of carbonyl (C=O) groups is 1. The maximum Gasteiger partial charge on any atom is 0.206 e. The highest BCUT2D eigenvalue weighted by molar-refractivity contribution is 7.91. The number of hydrogen-bond acceptors (Lipinski definition) is 7. The van der Waals surface area contributed by atoms with Crippen LogP contribution in [0, 0.1) is 0 Å². The van der Waals surface area contributed by atoms with Gasteiger partial charge in [-0.05, 0) is 53.8 Å². The van der Waals surface area contributed by atoms with E-state index in [2.05, 4.69) is 17.1 Å². The van der Waals surface area contributed by atoms with Gasteiger partial charge in [-0.25, -0.2) is 8.42 Å². The van der Waals surface area contributed by atoms with Crippen molar-refractivity contribution in [1.82, 2.24) is 15.0 Å². The molecule has 4 rings (SSSR count).